The summed E-state index contributed by atoms with van der Waals surface area (Å²) in [6, 6.07) is 5.78. The van der Waals surface area contributed by atoms with Crippen molar-refractivity contribution in [3.63, 3.8) is 0 Å². The fraction of sp³-hybridized carbons (Fsp3) is 0.533. The van der Waals surface area contributed by atoms with Gasteiger partial charge in [-0.05, 0) is 45.1 Å². The number of hydrogen-bond donors (Lipinski definition) is 0. The van der Waals surface area contributed by atoms with Crippen LogP contribution in [-0.2, 0) is 4.84 Å². The molecule has 0 fully saturated rings. The van der Waals surface area contributed by atoms with Crippen LogP contribution in [0.2, 0.25) is 0 Å². The fourth-order valence-corrected chi connectivity index (χ4v) is 1.99. The molecule has 0 aromatic heterocycles. The zero-order valence-electron chi connectivity index (χ0n) is 12.8. The van der Waals surface area contributed by atoms with Gasteiger partial charge in [0.15, 0.2) is 0 Å². The van der Waals surface area contributed by atoms with Gasteiger partial charge in [0.05, 0.1) is 19.4 Å². The minimum atomic E-state index is 0. The number of benzene rings is 1. The van der Waals surface area contributed by atoms with E-state index >= 15 is 0 Å². The molecule has 0 spiro atoms. The van der Waals surface area contributed by atoms with Crippen molar-refractivity contribution >= 4 is 18.1 Å². The van der Waals surface area contributed by atoms with Crippen LogP contribution in [0.5, 0.6) is 11.5 Å². The van der Waals surface area contributed by atoms with Gasteiger partial charge in [-0.1, -0.05) is 5.16 Å². The Bertz CT molecular complexity index is 478. The zero-order chi connectivity index (χ0) is 14.4. The van der Waals surface area contributed by atoms with Crippen LogP contribution in [-0.4, -0.2) is 51.6 Å². The van der Waals surface area contributed by atoms with Gasteiger partial charge >= 0.3 is 0 Å². The van der Waals surface area contributed by atoms with Crippen molar-refractivity contribution in [2.45, 2.75) is 12.8 Å². The molecule has 0 radical (unpaired) electrons. The molecule has 1 aromatic rings. The second-order valence-electron chi connectivity index (χ2n) is 4.99. The molecule has 21 heavy (non-hydrogen) atoms. The average Bonchev–Trinajstić information content (AvgIpc) is 2.65. The van der Waals surface area contributed by atoms with Crippen LogP contribution in [0.15, 0.2) is 23.4 Å². The zero-order valence-corrected chi connectivity index (χ0v) is 13.6. The first-order valence-electron chi connectivity index (χ1n) is 6.85. The third-order valence-electron chi connectivity index (χ3n) is 3.12. The summed E-state index contributed by atoms with van der Waals surface area (Å²) in [6.07, 6.45) is 1.79. The maximum Gasteiger partial charge on any atom is 0.129 e. The first-order chi connectivity index (χ1) is 9.70. The van der Waals surface area contributed by atoms with Crippen LogP contribution < -0.4 is 9.47 Å². The summed E-state index contributed by atoms with van der Waals surface area (Å²) in [5.74, 6) is 1.65. The van der Waals surface area contributed by atoms with Gasteiger partial charge in [-0.25, -0.2) is 0 Å². The highest BCUT2D eigenvalue weighted by atomic mass is 35.5. The number of nitrogens with zero attached hydrogens (tertiary/aromatic N) is 2. The van der Waals surface area contributed by atoms with E-state index in [4.69, 9.17) is 14.3 Å². The van der Waals surface area contributed by atoms with Crippen molar-refractivity contribution in [3.05, 3.63) is 23.8 Å². The molecule has 0 unspecified atom stereocenters. The Kier molecular flexibility index (Phi) is 7.32. The second-order valence-corrected chi connectivity index (χ2v) is 4.99. The molecular weight excluding hydrogens is 292 g/mol. The van der Waals surface area contributed by atoms with E-state index in [1.54, 1.807) is 7.11 Å². The molecular formula is C15H23ClN2O3. The summed E-state index contributed by atoms with van der Waals surface area (Å²) in [4.78, 5) is 7.48. The van der Waals surface area contributed by atoms with Crippen molar-refractivity contribution < 1.29 is 14.3 Å². The maximum atomic E-state index is 5.72. The highest BCUT2D eigenvalue weighted by Crippen LogP contribution is 2.28. The minimum absolute atomic E-state index is 0. The van der Waals surface area contributed by atoms with E-state index in [2.05, 4.69) is 10.1 Å². The molecule has 1 aliphatic heterocycles. The monoisotopic (exact) mass is 314 g/mol. The summed E-state index contributed by atoms with van der Waals surface area (Å²) >= 11 is 0. The van der Waals surface area contributed by atoms with E-state index in [0.29, 0.717) is 13.2 Å². The van der Waals surface area contributed by atoms with Crippen LogP contribution in [0.1, 0.15) is 18.4 Å². The van der Waals surface area contributed by atoms with E-state index in [1.807, 2.05) is 32.3 Å². The summed E-state index contributed by atoms with van der Waals surface area (Å²) in [5, 5.41) is 4.29. The number of methoxy groups -OCH3 is 1. The van der Waals surface area contributed by atoms with Crippen LogP contribution in [0, 0.1) is 0 Å². The third-order valence-corrected chi connectivity index (χ3v) is 3.12. The van der Waals surface area contributed by atoms with E-state index < -0.39 is 0 Å². The summed E-state index contributed by atoms with van der Waals surface area (Å²) in [6.45, 7) is 2.13. The Morgan fingerprint density at radius 1 is 1.33 bits per heavy atom. The molecule has 6 heteroatoms. The van der Waals surface area contributed by atoms with E-state index in [1.165, 1.54) is 0 Å². The summed E-state index contributed by atoms with van der Waals surface area (Å²) in [5.41, 5.74) is 1.89. The SMILES string of the molecule is COc1ccc2c(c1)/C(=N\OCCN(C)C)CCCO2.Cl. The lowest BCUT2D eigenvalue weighted by molar-refractivity contribution is 0.125. The number of fused-ring (bicyclic) bond motifs is 1. The first kappa shape index (κ1) is 17.6. The smallest absolute Gasteiger partial charge is 0.129 e. The van der Waals surface area contributed by atoms with Crippen molar-refractivity contribution in [2.24, 2.45) is 5.16 Å². The molecule has 0 atom stereocenters. The number of oxime groups is 1. The number of ether oxygens (including phenoxy) is 2. The van der Waals surface area contributed by atoms with Crippen LogP contribution in [0.4, 0.5) is 0 Å². The third kappa shape index (κ3) is 5.10. The average molecular weight is 315 g/mol. The van der Waals surface area contributed by atoms with Crippen molar-refractivity contribution in [2.75, 3.05) is 41.0 Å². The molecule has 0 N–H and O–H groups in total. The van der Waals surface area contributed by atoms with E-state index in [0.717, 1.165) is 42.2 Å². The normalized spacial score (nSPS) is 15.7. The Morgan fingerprint density at radius 3 is 2.86 bits per heavy atom. The predicted octanol–water partition coefficient (Wildman–Crippen LogP) is 2.57. The molecule has 5 nitrogen and oxygen atoms in total. The molecule has 1 heterocycles. The molecule has 2 rings (SSSR count). The van der Waals surface area contributed by atoms with Gasteiger partial charge in [0.25, 0.3) is 0 Å². The lowest BCUT2D eigenvalue weighted by Gasteiger charge is -2.11. The second kappa shape index (κ2) is 8.74. The lowest BCUT2D eigenvalue weighted by atomic mass is 10.1. The number of hydrogen-bond acceptors (Lipinski definition) is 5. The quantitative estimate of drug-likeness (QED) is 0.619. The molecule has 1 aliphatic rings. The molecule has 0 saturated carbocycles. The Balaban J connectivity index is 0.00000220. The fourth-order valence-electron chi connectivity index (χ4n) is 1.99. The molecule has 118 valence electrons. The van der Waals surface area contributed by atoms with Crippen LogP contribution in [0.3, 0.4) is 0 Å². The highest BCUT2D eigenvalue weighted by molar-refractivity contribution is 6.03. The van der Waals surface area contributed by atoms with Gasteiger partial charge in [-0.2, -0.15) is 0 Å². The number of rotatable bonds is 5. The minimum Gasteiger partial charge on any atom is -0.497 e. The summed E-state index contributed by atoms with van der Waals surface area (Å²) < 4.78 is 11.0. The Morgan fingerprint density at radius 2 is 2.14 bits per heavy atom. The van der Waals surface area contributed by atoms with Gasteiger partial charge in [0.1, 0.15) is 18.1 Å². The summed E-state index contributed by atoms with van der Waals surface area (Å²) in [7, 11) is 5.68. The van der Waals surface area contributed by atoms with Crippen molar-refractivity contribution in [1.82, 2.24) is 4.90 Å². The first-order valence-corrected chi connectivity index (χ1v) is 6.85. The predicted molar refractivity (Wildman–Crippen MR) is 86.0 cm³/mol. The standard InChI is InChI=1S/C15H22N2O3.ClH/c1-17(2)8-10-20-16-14-5-4-9-19-15-7-6-12(18-3)11-13(14)15;/h6-7,11H,4-5,8-10H2,1-3H3;1H/b16-14-;. The topological polar surface area (TPSA) is 43.3 Å². The van der Waals surface area contributed by atoms with Crippen LogP contribution in [0.25, 0.3) is 0 Å². The lowest BCUT2D eigenvalue weighted by Crippen LogP contribution is -2.17. The van der Waals surface area contributed by atoms with Gasteiger partial charge in [-0.15, -0.1) is 12.4 Å². The van der Waals surface area contributed by atoms with Gasteiger partial charge in [-0.3, -0.25) is 0 Å². The van der Waals surface area contributed by atoms with E-state index in [9.17, 15) is 0 Å². The van der Waals surface area contributed by atoms with Gasteiger partial charge in [0.2, 0.25) is 0 Å². The Labute approximate surface area is 132 Å². The van der Waals surface area contributed by atoms with Crippen LogP contribution >= 0.6 is 12.4 Å². The Hall–Kier alpha value is -1.46. The van der Waals surface area contributed by atoms with Crippen molar-refractivity contribution in [3.8, 4) is 11.5 Å². The van der Waals surface area contributed by atoms with Gasteiger partial charge in [0, 0.05) is 12.1 Å². The van der Waals surface area contributed by atoms with Gasteiger partial charge < -0.3 is 19.2 Å². The molecule has 1 aromatic carbocycles. The molecule has 0 amide bonds. The van der Waals surface area contributed by atoms with E-state index in [-0.39, 0.29) is 12.4 Å². The molecule has 0 saturated heterocycles. The maximum absolute atomic E-state index is 5.72. The molecule has 0 bridgehead atoms. The largest absolute Gasteiger partial charge is 0.497 e. The van der Waals surface area contributed by atoms with Crippen molar-refractivity contribution in [1.29, 1.82) is 0 Å². The molecule has 0 aliphatic carbocycles. The number of likely N-dealkylation sites (N-methyl/N-ethyl adjacent to an activating group) is 1. The highest BCUT2D eigenvalue weighted by Gasteiger charge is 2.16. The number of halogens is 1.